The predicted molar refractivity (Wildman–Crippen MR) is 65.5 cm³/mol. The highest BCUT2D eigenvalue weighted by atomic mass is 16.5. The molecule has 0 saturated carbocycles. The molecule has 0 heterocycles. The lowest BCUT2D eigenvalue weighted by Gasteiger charge is -2.19. The summed E-state index contributed by atoms with van der Waals surface area (Å²) < 4.78 is 5.76. The number of ketones is 1. The van der Waals surface area contributed by atoms with Gasteiger partial charge in [-0.05, 0) is 33.2 Å². The van der Waals surface area contributed by atoms with Crippen molar-refractivity contribution in [3.8, 4) is 0 Å². The second-order valence-corrected chi connectivity index (χ2v) is 4.39. The maximum Gasteiger partial charge on any atom is 0.149 e. The van der Waals surface area contributed by atoms with E-state index in [1.54, 1.807) is 14.0 Å². The highest BCUT2D eigenvalue weighted by Crippen LogP contribution is 2.14. The molecule has 3 nitrogen and oxygen atoms in total. The average molecular weight is 225 g/mol. The number of hydrogen-bond donors (Lipinski definition) is 1. The van der Waals surface area contributed by atoms with Crippen molar-refractivity contribution in [3.05, 3.63) is 12.2 Å². The zero-order valence-corrected chi connectivity index (χ0v) is 10.4. The summed E-state index contributed by atoms with van der Waals surface area (Å²) in [5.74, 6) is 0.136. The van der Waals surface area contributed by atoms with Crippen LogP contribution in [-0.4, -0.2) is 31.6 Å². The minimum absolute atomic E-state index is 0.136. The van der Waals surface area contributed by atoms with E-state index in [0.717, 1.165) is 12.8 Å². The van der Waals surface area contributed by atoms with Crippen molar-refractivity contribution >= 4 is 5.78 Å². The van der Waals surface area contributed by atoms with E-state index in [0.29, 0.717) is 6.61 Å². The fraction of sp³-hybridized carbons (Fsp3) is 0.769. The first-order valence-electron chi connectivity index (χ1n) is 6.20. The van der Waals surface area contributed by atoms with E-state index in [4.69, 9.17) is 4.74 Å². The van der Waals surface area contributed by atoms with Gasteiger partial charge in [-0.15, -0.1) is 0 Å². The Bertz CT molecular complexity index is 238. The third kappa shape index (κ3) is 4.90. The van der Waals surface area contributed by atoms with Crippen molar-refractivity contribution in [1.29, 1.82) is 0 Å². The van der Waals surface area contributed by atoms with Crippen molar-refractivity contribution in [2.45, 2.75) is 51.2 Å². The number of hydrogen-bond acceptors (Lipinski definition) is 3. The Hall–Kier alpha value is -0.670. The average Bonchev–Trinajstić information content (AvgIpc) is 2.20. The van der Waals surface area contributed by atoms with Crippen LogP contribution in [0.2, 0.25) is 0 Å². The molecule has 0 aromatic heterocycles. The molecule has 2 atom stereocenters. The van der Waals surface area contributed by atoms with Gasteiger partial charge in [0.1, 0.15) is 5.78 Å². The number of nitrogens with one attached hydrogen (secondary N) is 1. The van der Waals surface area contributed by atoms with Crippen LogP contribution in [0.25, 0.3) is 0 Å². The molecule has 0 bridgehead atoms. The first-order chi connectivity index (χ1) is 7.74. The molecular formula is C13H23NO2. The summed E-state index contributed by atoms with van der Waals surface area (Å²) in [6.07, 6.45) is 10.6. The van der Waals surface area contributed by atoms with Gasteiger partial charge in [0.2, 0.25) is 0 Å². The largest absolute Gasteiger partial charge is 0.372 e. The molecule has 0 aromatic carbocycles. The topological polar surface area (TPSA) is 38.3 Å². The maximum absolute atomic E-state index is 11.2. The number of allylic oxidation sites excluding steroid dienone is 1. The summed E-state index contributed by atoms with van der Waals surface area (Å²) in [5, 5.41) is 2.97. The number of carbonyl (C=O) groups excluding carboxylic acids is 1. The molecular weight excluding hydrogens is 202 g/mol. The molecule has 92 valence electrons. The molecule has 0 radical (unpaired) electrons. The quantitative estimate of drug-likeness (QED) is 0.728. The molecule has 0 spiro atoms. The predicted octanol–water partition coefficient (Wildman–Crippen LogP) is 2.07. The lowest BCUT2D eigenvalue weighted by atomic mass is 10.0. The van der Waals surface area contributed by atoms with Gasteiger partial charge in [0, 0.05) is 0 Å². The van der Waals surface area contributed by atoms with Crippen molar-refractivity contribution in [3.63, 3.8) is 0 Å². The van der Waals surface area contributed by atoms with Crippen molar-refractivity contribution in [2.24, 2.45) is 0 Å². The van der Waals surface area contributed by atoms with Crippen LogP contribution >= 0.6 is 0 Å². The second-order valence-electron chi connectivity index (χ2n) is 4.39. The fourth-order valence-electron chi connectivity index (χ4n) is 1.89. The Morgan fingerprint density at radius 1 is 1.50 bits per heavy atom. The van der Waals surface area contributed by atoms with Gasteiger partial charge in [-0.25, -0.2) is 0 Å². The third-order valence-electron chi connectivity index (χ3n) is 3.03. The van der Waals surface area contributed by atoms with E-state index >= 15 is 0 Å². The third-order valence-corrected chi connectivity index (χ3v) is 3.03. The van der Waals surface area contributed by atoms with Gasteiger partial charge in [0.15, 0.2) is 0 Å². The molecule has 0 aliphatic heterocycles. The van der Waals surface area contributed by atoms with Crippen LogP contribution in [0.15, 0.2) is 12.2 Å². The summed E-state index contributed by atoms with van der Waals surface area (Å²) >= 11 is 0. The van der Waals surface area contributed by atoms with Gasteiger partial charge >= 0.3 is 0 Å². The van der Waals surface area contributed by atoms with E-state index in [1.807, 2.05) is 0 Å². The van der Waals surface area contributed by atoms with E-state index in [2.05, 4.69) is 17.5 Å². The van der Waals surface area contributed by atoms with Crippen LogP contribution in [0.4, 0.5) is 0 Å². The number of likely N-dealkylation sites (N-methyl/N-ethyl adjacent to an activating group) is 1. The molecule has 0 aromatic rings. The van der Waals surface area contributed by atoms with Crippen LogP contribution in [0.3, 0.4) is 0 Å². The van der Waals surface area contributed by atoms with Gasteiger partial charge in [0.05, 0.1) is 18.8 Å². The molecule has 1 aliphatic carbocycles. The molecule has 16 heavy (non-hydrogen) atoms. The summed E-state index contributed by atoms with van der Waals surface area (Å²) in [6.45, 7) is 2.07. The van der Waals surface area contributed by atoms with Crippen LogP contribution in [0, 0.1) is 0 Å². The number of rotatable bonds is 5. The first-order valence-corrected chi connectivity index (χ1v) is 6.20. The minimum Gasteiger partial charge on any atom is -0.372 e. The van der Waals surface area contributed by atoms with Crippen molar-refractivity contribution < 1.29 is 9.53 Å². The monoisotopic (exact) mass is 225 g/mol. The van der Waals surface area contributed by atoms with Crippen molar-refractivity contribution in [2.75, 3.05) is 13.7 Å². The fourth-order valence-corrected chi connectivity index (χ4v) is 1.89. The Morgan fingerprint density at radius 2 is 2.31 bits per heavy atom. The molecule has 0 fully saturated rings. The zero-order chi connectivity index (χ0) is 11.8. The molecule has 1 rings (SSSR count). The number of carbonyl (C=O) groups is 1. The lowest BCUT2D eigenvalue weighted by Crippen LogP contribution is -2.38. The molecule has 1 aliphatic rings. The van der Waals surface area contributed by atoms with Crippen LogP contribution in [0.1, 0.15) is 39.0 Å². The molecule has 0 amide bonds. The Kier molecular flexibility index (Phi) is 6.34. The maximum atomic E-state index is 11.2. The smallest absolute Gasteiger partial charge is 0.149 e. The molecule has 1 N–H and O–H groups in total. The molecule has 3 heteroatoms. The summed E-state index contributed by atoms with van der Waals surface area (Å²) in [4.78, 5) is 11.2. The number of ether oxygens (including phenoxy) is 1. The normalized spacial score (nSPS) is 25.5. The SMILES string of the molecule is CN[C@H](COC1/C=C/CCCCC1)C(C)=O. The standard InChI is InChI=1S/C13H23NO2/c1-11(15)13(14-2)10-16-12-8-6-4-3-5-7-9-12/h6,8,12-14H,3-5,7,9-10H2,1-2H3/b8-6+/t12?,13-/m1/s1. The summed E-state index contributed by atoms with van der Waals surface area (Å²) in [5.41, 5.74) is 0. The first kappa shape index (κ1) is 13.4. The molecule has 1 unspecified atom stereocenters. The van der Waals surface area contributed by atoms with Crippen LogP contribution in [-0.2, 0) is 9.53 Å². The summed E-state index contributed by atoms with van der Waals surface area (Å²) in [7, 11) is 1.80. The van der Waals surface area contributed by atoms with Crippen LogP contribution < -0.4 is 5.32 Å². The lowest BCUT2D eigenvalue weighted by molar-refractivity contribution is -0.120. The highest BCUT2D eigenvalue weighted by molar-refractivity contribution is 5.81. The van der Waals surface area contributed by atoms with Crippen LogP contribution in [0.5, 0.6) is 0 Å². The number of Topliss-reactive ketones (excluding diaryl/α,β-unsaturated/α-hetero) is 1. The van der Waals surface area contributed by atoms with E-state index < -0.39 is 0 Å². The minimum atomic E-state index is -0.168. The van der Waals surface area contributed by atoms with E-state index in [1.165, 1.54) is 19.3 Å². The zero-order valence-electron chi connectivity index (χ0n) is 10.4. The Labute approximate surface area is 98.2 Å². The van der Waals surface area contributed by atoms with Gasteiger partial charge in [0.25, 0.3) is 0 Å². The second kappa shape index (κ2) is 7.58. The van der Waals surface area contributed by atoms with E-state index in [-0.39, 0.29) is 17.9 Å². The van der Waals surface area contributed by atoms with Gasteiger partial charge in [-0.2, -0.15) is 0 Å². The van der Waals surface area contributed by atoms with Gasteiger partial charge in [-0.1, -0.05) is 25.0 Å². The Balaban J connectivity index is 2.34. The summed E-state index contributed by atoms with van der Waals surface area (Å²) in [6, 6.07) is -0.168. The van der Waals surface area contributed by atoms with Gasteiger partial charge in [-0.3, -0.25) is 4.79 Å². The van der Waals surface area contributed by atoms with Gasteiger partial charge < -0.3 is 10.1 Å². The van der Waals surface area contributed by atoms with E-state index in [9.17, 15) is 4.79 Å². The highest BCUT2D eigenvalue weighted by Gasteiger charge is 2.14. The Morgan fingerprint density at radius 3 is 3.00 bits per heavy atom. The van der Waals surface area contributed by atoms with Crippen molar-refractivity contribution in [1.82, 2.24) is 5.32 Å². The molecule has 0 saturated heterocycles.